The van der Waals surface area contributed by atoms with Crippen LogP contribution in [0, 0.1) is 11.8 Å². The van der Waals surface area contributed by atoms with Gasteiger partial charge in [0.05, 0.1) is 12.1 Å². The number of rotatable bonds is 5. The van der Waals surface area contributed by atoms with Crippen LogP contribution >= 0.6 is 0 Å². The summed E-state index contributed by atoms with van der Waals surface area (Å²) in [4.78, 5) is 2.67. The van der Waals surface area contributed by atoms with Crippen LogP contribution in [0.2, 0.25) is 0 Å². The van der Waals surface area contributed by atoms with Gasteiger partial charge >= 0.3 is 0 Å². The van der Waals surface area contributed by atoms with Crippen LogP contribution in [0.25, 0.3) is 0 Å². The second-order valence-electron chi connectivity index (χ2n) is 6.20. The number of hydrogen-bond acceptors (Lipinski definition) is 3. The summed E-state index contributed by atoms with van der Waals surface area (Å²) in [6, 6.07) is 0.658. The van der Waals surface area contributed by atoms with Gasteiger partial charge in [-0.1, -0.05) is 6.92 Å². The van der Waals surface area contributed by atoms with E-state index in [-0.39, 0.29) is 5.54 Å². The number of hydrogen-bond donors (Lipinski definition) is 1. The van der Waals surface area contributed by atoms with E-state index in [2.05, 4.69) is 18.7 Å². The Kier molecular flexibility index (Phi) is 4.11. The molecule has 2 aliphatic rings. The molecule has 100 valence electrons. The van der Waals surface area contributed by atoms with Gasteiger partial charge in [0, 0.05) is 26.2 Å². The number of methoxy groups -OCH3 is 1. The van der Waals surface area contributed by atoms with Gasteiger partial charge in [-0.25, -0.2) is 0 Å². The lowest BCUT2D eigenvalue weighted by Gasteiger charge is -2.50. The molecule has 1 saturated heterocycles. The van der Waals surface area contributed by atoms with E-state index in [0.29, 0.717) is 6.04 Å². The van der Waals surface area contributed by atoms with Crippen molar-refractivity contribution in [2.75, 3.05) is 26.8 Å². The average molecular weight is 240 g/mol. The molecule has 1 aliphatic heterocycles. The van der Waals surface area contributed by atoms with Crippen molar-refractivity contribution in [1.29, 1.82) is 0 Å². The lowest BCUT2D eigenvalue weighted by Crippen LogP contribution is -2.63. The number of nitrogens with zero attached hydrogens (tertiary/aromatic N) is 1. The molecule has 0 spiro atoms. The molecule has 0 amide bonds. The van der Waals surface area contributed by atoms with Gasteiger partial charge in [-0.3, -0.25) is 4.90 Å². The molecule has 1 aliphatic carbocycles. The highest BCUT2D eigenvalue weighted by molar-refractivity contribution is 5.06. The Bertz CT molecular complexity index is 255. The van der Waals surface area contributed by atoms with Crippen molar-refractivity contribution in [2.24, 2.45) is 17.6 Å². The molecule has 1 heterocycles. The fourth-order valence-corrected chi connectivity index (χ4v) is 3.56. The molecule has 2 fully saturated rings. The van der Waals surface area contributed by atoms with Crippen LogP contribution < -0.4 is 5.73 Å². The summed E-state index contributed by atoms with van der Waals surface area (Å²) in [5.41, 5.74) is 6.27. The summed E-state index contributed by atoms with van der Waals surface area (Å²) < 4.78 is 5.51. The summed E-state index contributed by atoms with van der Waals surface area (Å²) in [6.07, 6.45) is 5.33. The third-order valence-corrected chi connectivity index (χ3v) is 4.77. The maximum absolute atomic E-state index is 6.15. The maximum atomic E-state index is 6.15. The lowest BCUT2D eigenvalue weighted by molar-refractivity contribution is -0.0478. The van der Waals surface area contributed by atoms with Gasteiger partial charge in [0.1, 0.15) is 0 Å². The van der Waals surface area contributed by atoms with Gasteiger partial charge in [-0.15, -0.1) is 0 Å². The molecule has 0 aromatic rings. The Hall–Kier alpha value is -0.120. The topological polar surface area (TPSA) is 38.5 Å². The van der Waals surface area contributed by atoms with Gasteiger partial charge in [0.15, 0.2) is 0 Å². The molecule has 2 rings (SSSR count). The quantitative estimate of drug-likeness (QED) is 0.797. The van der Waals surface area contributed by atoms with E-state index in [4.69, 9.17) is 10.5 Å². The minimum Gasteiger partial charge on any atom is -0.383 e. The van der Waals surface area contributed by atoms with Gasteiger partial charge in [0.2, 0.25) is 0 Å². The number of ether oxygens (including phenoxy) is 1. The standard InChI is InChI=1S/C14H28N2O/c1-11-4-5-12(2)16(8-11)14(9-15,10-17-3)13-6-7-13/h11-13H,4-10,15H2,1-3H3. The molecule has 0 bridgehead atoms. The zero-order chi connectivity index (χ0) is 12.5. The lowest BCUT2D eigenvalue weighted by atomic mass is 9.84. The summed E-state index contributed by atoms with van der Waals surface area (Å²) in [7, 11) is 1.81. The van der Waals surface area contributed by atoms with Crippen LogP contribution in [0.3, 0.4) is 0 Å². The maximum Gasteiger partial charge on any atom is 0.0661 e. The van der Waals surface area contributed by atoms with Crippen molar-refractivity contribution in [3.63, 3.8) is 0 Å². The molecular weight excluding hydrogens is 212 g/mol. The van der Waals surface area contributed by atoms with Crippen molar-refractivity contribution < 1.29 is 4.74 Å². The van der Waals surface area contributed by atoms with Gasteiger partial charge in [-0.2, -0.15) is 0 Å². The van der Waals surface area contributed by atoms with E-state index < -0.39 is 0 Å². The predicted molar refractivity (Wildman–Crippen MR) is 71.0 cm³/mol. The minimum atomic E-state index is 0.114. The van der Waals surface area contributed by atoms with Gasteiger partial charge in [0.25, 0.3) is 0 Å². The molecule has 2 N–H and O–H groups in total. The Balaban J connectivity index is 2.17. The summed E-state index contributed by atoms with van der Waals surface area (Å²) >= 11 is 0. The summed E-state index contributed by atoms with van der Waals surface area (Å²) in [6.45, 7) is 7.44. The second-order valence-corrected chi connectivity index (χ2v) is 6.20. The van der Waals surface area contributed by atoms with Crippen molar-refractivity contribution in [3.05, 3.63) is 0 Å². The Labute approximate surface area is 106 Å². The van der Waals surface area contributed by atoms with E-state index in [0.717, 1.165) is 25.0 Å². The Morgan fingerprint density at radius 1 is 1.24 bits per heavy atom. The predicted octanol–water partition coefficient (Wildman–Crippen LogP) is 1.86. The highest BCUT2D eigenvalue weighted by atomic mass is 16.5. The molecule has 0 aromatic heterocycles. The molecule has 3 unspecified atom stereocenters. The minimum absolute atomic E-state index is 0.114. The molecular formula is C14H28N2O. The Morgan fingerprint density at radius 2 is 1.94 bits per heavy atom. The number of likely N-dealkylation sites (tertiary alicyclic amines) is 1. The third kappa shape index (κ3) is 2.51. The Morgan fingerprint density at radius 3 is 2.47 bits per heavy atom. The summed E-state index contributed by atoms with van der Waals surface area (Å²) in [5, 5.41) is 0. The van der Waals surface area contributed by atoms with Crippen LogP contribution in [0.5, 0.6) is 0 Å². The SMILES string of the molecule is COCC(CN)(C1CC1)N1CC(C)CCC1C. The van der Waals surface area contributed by atoms with Crippen LogP contribution in [0.4, 0.5) is 0 Å². The smallest absolute Gasteiger partial charge is 0.0661 e. The average Bonchev–Trinajstić information content (AvgIpc) is 3.14. The van der Waals surface area contributed by atoms with Crippen molar-refractivity contribution >= 4 is 0 Å². The first-order valence-electron chi connectivity index (χ1n) is 7.09. The molecule has 3 nitrogen and oxygen atoms in total. The largest absolute Gasteiger partial charge is 0.383 e. The van der Waals surface area contributed by atoms with Gasteiger partial charge < -0.3 is 10.5 Å². The number of piperidine rings is 1. The van der Waals surface area contributed by atoms with E-state index in [1.54, 1.807) is 0 Å². The molecule has 0 aromatic carbocycles. The first-order chi connectivity index (χ1) is 8.14. The highest BCUT2D eigenvalue weighted by Gasteiger charge is 2.50. The normalized spacial score (nSPS) is 34.6. The van der Waals surface area contributed by atoms with Crippen molar-refractivity contribution in [3.8, 4) is 0 Å². The van der Waals surface area contributed by atoms with E-state index in [1.807, 2.05) is 7.11 Å². The molecule has 0 radical (unpaired) electrons. The highest BCUT2D eigenvalue weighted by Crippen LogP contribution is 2.45. The van der Waals surface area contributed by atoms with Crippen molar-refractivity contribution in [2.45, 2.75) is 51.1 Å². The van der Waals surface area contributed by atoms with Crippen molar-refractivity contribution in [1.82, 2.24) is 4.90 Å². The monoisotopic (exact) mass is 240 g/mol. The zero-order valence-electron chi connectivity index (χ0n) is 11.6. The molecule has 3 atom stereocenters. The van der Waals surface area contributed by atoms with E-state index >= 15 is 0 Å². The first-order valence-corrected chi connectivity index (χ1v) is 7.09. The third-order valence-electron chi connectivity index (χ3n) is 4.77. The van der Waals surface area contributed by atoms with Gasteiger partial charge in [-0.05, 0) is 44.4 Å². The van der Waals surface area contributed by atoms with Crippen LogP contribution in [-0.2, 0) is 4.74 Å². The first kappa shape index (κ1) is 13.3. The summed E-state index contributed by atoms with van der Waals surface area (Å²) in [5.74, 6) is 1.56. The molecule has 17 heavy (non-hydrogen) atoms. The number of nitrogens with two attached hydrogens (primary N) is 1. The van der Waals surface area contributed by atoms with Crippen LogP contribution in [0.1, 0.15) is 39.5 Å². The fraction of sp³-hybridized carbons (Fsp3) is 1.00. The zero-order valence-corrected chi connectivity index (χ0v) is 11.6. The van der Waals surface area contributed by atoms with Crippen LogP contribution in [-0.4, -0.2) is 43.3 Å². The van der Waals surface area contributed by atoms with Crippen LogP contribution in [0.15, 0.2) is 0 Å². The molecule has 3 heteroatoms. The second kappa shape index (κ2) is 5.25. The molecule has 1 saturated carbocycles. The fourth-order valence-electron chi connectivity index (χ4n) is 3.56. The van der Waals surface area contributed by atoms with E-state index in [1.165, 1.54) is 32.2 Å². The van der Waals surface area contributed by atoms with E-state index in [9.17, 15) is 0 Å².